The van der Waals surface area contributed by atoms with Crippen LogP contribution in [0.1, 0.15) is 17.8 Å². The van der Waals surface area contributed by atoms with Crippen LogP contribution in [0.15, 0.2) is 36.7 Å². The normalized spacial score (nSPS) is 13.6. The van der Waals surface area contributed by atoms with Crippen LogP contribution in [0.5, 0.6) is 5.75 Å². The van der Waals surface area contributed by atoms with E-state index in [0.717, 1.165) is 10.1 Å². The summed E-state index contributed by atoms with van der Waals surface area (Å²) in [5.74, 6) is 0.117. The van der Waals surface area contributed by atoms with Gasteiger partial charge in [0.2, 0.25) is 5.60 Å². The topological polar surface area (TPSA) is 88.4 Å². The van der Waals surface area contributed by atoms with E-state index in [1.807, 2.05) is 19.1 Å². The summed E-state index contributed by atoms with van der Waals surface area (Å²) in [5.41, 5.74) is -2.07. The maximum Gasteiger partial charge on any atom is 0.424 e. The Morgan fingerprint density at radius 2 is 1.86 bits per heavy atom. The molecule has 2 aromatic rings. The van der Waals surface area contributed by atoms with Crippen LogP contribution in [-0.2, 0) is 12.6 Å². The first-order chi connectivity index (χ1) is 13.1. The first-order valence-corrected chi connectivity index (χ1v) is 8.61. The number of halogens is 3. The zero-order chi connectivity index (χ0) is 20.8. The van der Waals surface area contributed by atoms with E-state index in [4.69, 9.17) is 4.74 Å². The molecule has 1 aromatic carbocycles. The van der Waals surface area contributed by atoms with Gasteiger partial charge in [-0.1, -0.05) is 17.7 Å². The lowest BCUT2D eigenvalue weighted by Crippen LogP contribution is -2.47. The molecule has 0 fully saturated rings. The minimum Gasteiger partial charge on any atom is -0.492 e. The third-order valence-electron chi connectivity index (χ3n) is 4.11. The van der Waals surface area contributed by atoms with Crippen molar-refractivity contribution in [1.82, 2.24) is 20.2 Å². The van der Waals surface area contributed by atoms with E-state index >= 15 is 0 Å². The molecule has 0 radical (unpaired) electrons. The highest BCUT2D eigenvalue weighted by atomic mass is 19.4. The SMILES string of the molecule is Cc1ccc(OCCNC(=O)NCCC(O)(c2nccn2C)C(F)(F)F)cc1. The number of urea groups is 1. The largest absolute Gasteiger partial charge is 0.492 e. The highest BCUT2D eigenvalue weighted by Gasteiger charge is 2.57. The third-order valence-corrected chi connectivity index (χ3v) is 4.11. The van der Waals surface area contributed by atoms with Gasteiger partial charge in [0.1, 0.15) is 18.2 Å². The van der Waals surface area contributed by atoms with Crippen LogP contribution >= 0.6 is 0 Å². The van der Waals surface area contributed by atoms with Gasteiger partial charge in [-0.15, -0.1) is 0 Å². The molecule has 0 saturated carbocycles. The summed E-state index contributed by atoms with van der Waals surface area (Å²) in [6, 6.07) is 6.71. The molecule has 3 N–H and O–H groups in total. The van der Waals surface area contributed by atoms with E-state index in [1.54, 1.807) is 12.1 Å². The third kappa shape index (κ3) is 5.38. The molecule has 1 unspecified atom stereocenters. The quantitative estimate of drug-likeness (QED) is 0.593. The van der Waals surface area contributed by atoms with E-state index < -0.39 is 36.6 Å². The first kappa shape index (κ1) is 21.5. The van der Waals surface area contributed by atoms with Gasteiger partial charge in [-0.25, -0.2) is 9.78 Å². The summed E-state index contributed by atoms with van der Waals surface area (Å²) in [4.78, 5) is 15.3. The van der Waals surface area contributed by atoms with Gasteiger partial charge in [-0.2, -0.15) is 13.2 Å². The summed E-state index contributed by atoms with van der Waals surface area (Å²) < 4.78 is 46.6. The molecule has 2 rings (SSSR count). The van der Waals surface area contributed by atoms with Gasteiger partial charge in [-0.3, -0.25) is 0 Å². The number of aromatic nitrogens is 2. The summed E-state index contributed by atoms with van der Waals surface area (Å²) in [5, 5.41) is 14.9. The van der Waals surface area contributed by atoms with E-state index in [9.17, 15) is 23.1 Å². The summed E-state index contributed by atoms with van der Waals surface area (Å²) in [6.07, 6.45) is -3.23. The lowest BCUT2D eigenvalue weighted by Gasteiger charge is -2.29. The van der Waals surface area contributed by atoms with Gasteiger partial charge in [0, 0.05) is 32.4 Å². The Labute approximate surface area is 160 Å². The Bertz CT molecular complexity index is 777. The summed E-state index contributed by atoms with van der Waals surface area (Å²) >= 11 is 0. The molecule has 10 heteroatoms. The Morgan fingerprint density at radius 3 is 2.43 bits per heavy atom. The monoisotopic (exact) mass is 400 g/mol. The lowest BCUT2D eigenvalue weighted by atomic mass is 9.97. The fraction of sp³-hybridized carbons (Fsp3) is 0.444. The standard InChI is InChI=1S/C18H23F3N4O3/c1-13-3-5-14(6-4-13)28-12-10-24-16(26)23-8-7-17(27,18(19,20)21)15-22-9-11-25(15)2/h3-6,9,11,27H,7-8,10,12H2,1-2H3,(H2,23,24,26). The number of benzene rings is 1. The minimum atomic E-state index is -4.94. The number of imidazole rings is 1. The number of nitrogens with one attached hydrogen (secondary N) is 2. The molecular weight excluding hydrogens is 377 g/mol. The summed E-state index contributed by atoms with van der Waals surface area (Å²) in [6.45, 7) is 1.93. The number of hydrogen-bond donors (Lipinski definition) is 3. The lowest BCUT2D eigenvalue weighted by molar-refractivity contribution is -0.272. The number of rotatable bonds is 8. The molecule has 7 nitrogen and oxygen atoms in total. The number of carbonyl (C=O) groups excluding carboxylic acids is 1. The molecule has 0 aliphatic carbocycles. The molecule has 0 saturated heterocycles. The van der Waals surface area contributed by atoms with Crippen LogP contribution in [0.3, 0.4) is 0 Å². The highest BCUT2D eigenvalue weighted by Crippen LogP contribution is 2.40. The number of alkyl halides is 3. The van der Waals surface area contributed by atoms with Crippen molar-refractivity contribution in [2.24, 2.45) is 7.05 Å². The number of nitrogens with zero attached hydrogens (tertiary/aromatic N) is 2. The van der Waals surface area contributed by atoms with Crippen LogP contribution in [0, 0.1) is 6.92 Å². The predicted molar refractivity (Wildman–Crippen MR) is 95.9 cm³/mol. The second kappa shape index (κ2) is 8.96. The van der Waals surface area contributed by atoms with Gasteiger partial charge < -0.3 is 25.0 Å². The number of aryl methyl sites for hydroxylation is 2. The van der Waals surface area contributed by atoms with Crippen LogP contribution in [0.2, 0.25) is 0 Å². The molecule has 1 aromatic heterocycles. The van der Waals surface area contributed by atoms with Gasteiger partial charge in [0.05, 0.1) is 6.54 Å². The Kier molecular flexibility index (Phi) is 6.90. The van der Waals surface area contributed by atoms with Crippen molar-refractivity contribution in [3.63, 3.8) is 0 Å². The van der Waals surface area contributed by atoms with E-state index in [1.165, 1.54) is 19.4 Å². The van der Waals surface area contributed by atoms with E-state index in [-0.39, 0.29) is 13.2 Å². The molecular formula is C18H23F3N4O3. The summed E-state index contributed by atoms with van der Waals surface area (Å²) in [7, 11) is 1.35. The van der Waals surface area contributed by atoms with Crippen LogP contribution in [-0.4, -0.2) is 46.6 Å². The molecule has 0 spiro atoms. The molecule has 0 aliphatic heterocycles. The van der Waals surface area contributed by atoms with Crippen molar-refractivity contribution < 1.29 is 27.8 Å². The second-order valence-electron chi connectivity index (χ2n) is 6.31. The predicted octanol–water partition coefficient (Wildman–Crippen LogP) is 2.25. The molecule has 2 amide bonds. The van der Waals surface area contributed by atoms with E-state index in [2.05, 4.69) is 15.6 Å². The molecule has 1 atom stereocenters. The number of ether oxygens (including phenoxy) is 1. The molecule has 154 valence electrons. The number of aliphatic hydroxyl groups is 1. The van der Waals surface area contributed by atoms with Crippen LogP contribution in [0.4, 0.5) is 18.0 Å². The zero-order valence-electron chi connectivity index (χ0n) is 15.6. The van der Waals surface area contributed by atoms with Gasteiger partial charge in [0.25, 0.3) is 0 Å². The average Bonchev–Trinajstić information content (AvgIpc) is 3.05. The van der Waals surface area contributed by atoms with Crippen molar-refractivity contribution in [2.45, 2.75) is 25.1 Å². The van der Waals surface area contributed by atoms with Crippen molar-refractivity contribution in [3.8, 4) is 5.75 Å². The first-order valence-electron chi connectivity index (χ1n) is 8.61. The molecule has 0 bridgehead atoms. The van der Waals surface area contributed by atoms with Gasteiger partial charge in [0.15, 0.2) is 0 Å². The maximum absolute atomic E-state index is 13.4. The fourth-order valence-corrected chi connectivity index (χ4v) is 2.53. The minimum absolute atomic E-state index is 0.169. The Morgan fingerprint density at radius 1 is 1.21 bits per heavy atom. The van der Waals surface area contributed by atoms with Gasteiger partial charge >= 0.3 is 12.2 Å². The zero-order valence-corrected chi connectivity index (χ0v) is 15.6. The molecule has 28 heavy (non-hydrogen) atoms. The number of hydrogen-bond acceptors (Lipinski definition) is 4. The highest BCUT2D eigenvalue weighted by molar-refractivity contribution is 5.73. The second-order valence-corrected chi connectivity index (χ2v) is 6.31. The van der Waals surface area contributed by atoms with Crippen molar-refractivity contribution in [3.05, 3.63) is 48.0 Å². The van der Waals surface area contributed by atoms with Crippen LogP contribution < -0.4 is 15.4 Å². The maximum atomic E-state index is 13.4. The van der Waals surface area contributed by atoms with Crippen molar-refractivity contribution in [2.75, 3.05) is 19.7 Å². The van der Waals surface area contributed by atoms with Gasteiger partial charge in [-0.05, 0) is 19.1 Å². The fourth-order valence-electron chi connectivity index (χ4n) is 2.53. The average molecular weight is 400 g/mol. The number of amides is 2. The smallest absolute Gasteiger partial charge is 0.424 e. The molecule has 1 heterocycles. The Balaban J connectivity index is 1.77. The van der Waals surface area contributed by atoms with E-state index in [0.29, 0.717) is 5.75 Å². The molecule has 0 aliphatic rings. The van der Waals surface area contributed by atoms with Crippen LogP contribution in [0.25, 0.3) is 0 Å². The van der Waals surface area contributed by atoms with Crippen molar-refractivity contribution >= 4 is 6.03 Å². The Hall–Kier alpha value is -2.75. The van der Waals surface area contributed by atoms with Crippen molar-refractivity contribution in [1.29, 1.82) is 0 Å². The number of carbonyl (C=O) groups is 1.